The van der Waals surface area contributed by atoms with E-state index in [1.165, 1.54) is 0 Å². The van der Waals surface area contributed by atoms with Gasteiger partial charge in [-0.15, -0.1) is 0 Å². The molecule has 0 saturated heterocycles. The highest BCUT2D eigenvalue weighted by Crippen LogP contribution is 2.26. The Labute approximate surface area is 142 Å². The fourth-order valence-corrected chi connectivity index (χ4v) is 4.07. The lowest BCUT2D eigenvalue weighted by Gasteiger charge is -2.27. The lowest BCUT2D eigenvalue weighted by atomic mass is 10.1. The van der Waals surface area contributed by atoms with E-state index < -0.39 is 15.6 Å². The van der Waals surface area contributed by atoms with Gasteiger partial charge in [-0.25, -0.2) is 13.1 Å². The molecule has 0 saturated carbocycles. The largest absolute Gasteiger partial charge is 0.377 e. The number of sulfonamides is 1. The number of hydrogen-bond donors (Lipinski definition) is 1. The molecule has 0 bridgehead atoms. The normalized spacial score (nSPS) is 13.0. The number of ether oxygens (including phenoxy) is 1. The highest BCUT2D eigenvalue weighted by Gasteiger charge is 2.28. The average molecular weight is 356 g/mol. The maximum atomic E-state index is 12.8. The minimum Gasteiger partial charge on any atom is -0.377 e. The summed E-state index contributed by atoms with van der Waals surface area (Å²) in [7, 11) is -3.70. The lowest BCUT2D eigenvalue weighted by molar-refractivity contribution is 0.0452. The van der Waals surface area contributed by atoms with Crippen molar-refractivity contribution < 1.29 is 13.2 Å². The van der Waals surface area contributed by atoms with Gasteiger partial charge < -0.3 is 4.74 Å². The zero-order valence-corrected chi connectivity index (χ0v) is 15.3. The van der Waals surface area contributed by atoms with E-state index in [4.69, 9.17) is 16.3 Å². The zero-order valence-electron chi connectivity index (χ0n) is 13.8. The molecule has 0 amide bonds. The van der Waals surface area contributed by atoms with Gasteiger partial charge in [-0.1, -0.05) is 29.8 Å². The van der Waals surface area contributed by atoms with Crippen LogP contribution in [0.3, 0.4) is 0 Å². The Morgan fingerprint density at radius 2 is 1.91 bits per heavy atom. The second-order valence-corrected chi connectivity index (χ2v) is 8.56. The Balaban J connectivity index is 2.38. The van der Waals surface area contributed by atoms with Gasteiger partial charge in [-0.05, 0) is 51.3 Å². The molecule has 0 aliphatic rings. The SMILES string of the molecule is CC(C)OCC(C)(C)NS(=O)(=O)c1cccc2ccc(Cl)cc12. The minimum absolute atomic E-state index is 0.0372. The summed E-state index contributed by atoms with van der Waals surface area (Å²) in [4.78, 5) is 0.218. The van der Waals surface area contributed by atoms with Crippen molar-refractivity contribution in [2.45, 2.75) is 44.2 Å². The van der Waals surface area contributed by atoms with Gasteiger partial charge in [0, 0.05) is 10.4 Å². The molecule has 23 heavy (non-hydrogen) atoms. The summed E-state index contributed by atoms with van der Waals surface area (Å²) in [5.41, 5.74) is -0.718. The van der Waals surface area contributed by atoms with E-state index in [1.54, 1.807) is 38.1 Å². The summed E-state index contributed by atoms with van der Waals surface area (Å²) in [6.45, 7) is 7.71. The summed E-state index contributed by atoms with van der Waals surface area (Å²) < 4.78 is 33.9. The van der Waals surface area contributed by atoms with Crippen molar-refractivity contribution in [3.63, 3.8) is 0 Å². The van der Waals surface area contributed by atoms with Crippen LogP contribution in [0.4, 0.5) is 0 Å². The van der Waals surface area contributed by atoms with E-state index in [0.29, 0.717) is 10.4 Å². The molecule has 0 radical (unpaired) electrons. The molecule has 6 heteroatoms. The van der Waals surface area contributed by atoms with Crippen LogP contribution in [-0.4, -0.2) is 26.7 Å². The average Bonchev–Trinajstić information content (AvgIpc) is 2.43. The first kappa shape index (κ1) is 18.2. The van der Waals surface area contributed by atoms with Gasteiger partial charge in [-0.2, -0.15) is 0 Å². The third-order valence-corrected chi connectivity index (χ3v) is 5.27. The first-order chi connectivity index (χ1) is 10.6. The highest BCUT2D eigenvalue weighted by molar-refractivity contribution is 7.89. The quantitative estimate of drug-likeness (QED) is 0.852. The van der Waals surface area contributed by atoms with Crippen LogP contribution in [0.2, 0.25) is 5.02 Å². The molecule has 0 aliphatic carbocycles. The number of rotatable bonds is 6. The summed E-state index contributed by atoms with van der Waals surface area (Å²) in [5.74, 6) is 0. The molecule has 0 unspecified atom stereocenters. The van der Waals surface area contributed by atoms with E-state index in [-0.39, 0.29) is 17.6 Å². The van der Waals surface area contributed by atoms with Crippen LogP contribution < -0.4 is 4.72 Å². The predicted octanol–water partition coefficient (Wildman–Crippen LogP) is 3.98. The summed E-state index contributed by atoms with van der Waals surface area (Å²) in [6.07, 6.45) is 0.0372. The van der Waals surface area contributed by atoms with Crippen molar-refractivity contribution in [2.24, 2.45) is 0 Å². The van der Waals surface area contributed by atoms with Gasteiger partial charge in [0.15, 0.2) is 0 Å². The summed E-state index contributed by atoms with van der Waals surface area (Å²) >= 11 is 6.02. The molecular weight excluding hydrogens is 334 g/mol. The van der Waals surface area contributed by atoms with E-state index in [1.807, 2.05) is 26.0 Å². The molecule has 0 spiro atoms. The number of nitrogens with one attached hydrogen (secondary N) is 1. The minimum atomic E-state index is -3.70. The Morgan fingerprint density at radius 3 is 2.57 bits per heavy atom. The number of hydrogen-bond acceptors (Lipinski definition) is 3. The van der Waals surface area contributed by atoms with Crippen LogP contribution in [0, 0.1) is 0 Å². The number of benzene rings is 2. The predicted molar refractivity (Wildman–Crippen MR) is 94.4 cm³/mol. The van der Waals surface area contributed by atoms with E-state index in [2.05, 4.69) is 4.72 Å². The molecule has 0 heterocycles. The van der Waals surface area contributed by atoms with Crippen LogP contribution in [0.15, 0.2) is 41.3 Å². The second-order valence-electron chi connectivity index (χ2n) is 6.47. The Hall–Kier alpha value is -1.14. The Kier molecular flexibility index (Phi) is 5.36. The molecule has 2 aromatic carbocycles. The fourth-order valence-electron chi connectivity index (χ4n) is 2.27. The first-order valence-electron chi connectivity index (χ1n) is 7.45. The smallest absolute Gasteiger partial charge is 0.241 e. The van der Waals surface area contributed by atoms with Gasteiger partial charge in [0.1, 0.15) is 0 Å². The molecular formula is C17H22ClNO3S. The zero-order chi connectivity index (χ0) is 17.3. The monoisotopic (exact) mass is 355 g/mol. The molecule has 2 aromatic rings. The molecule has 0 atom stereocenters. The van der Waals surface area contributed by atoms with Crippen molar-refractivity contribution >= 4 is 32.4 Å². The molecule has 0 fully saturated rings. The van der Waals surface area contributed by atoms with Crippen LogP contribution in [0.5, 0.6) is 0 Å². The molecule has 2 rings (SSSR count). The molecule has 1 N–H and O–H groups in total. The maximum Gasteiger partial charge on any atom is 0.241 e. The Morgan fingerprint density at radius 1 is 1.22 bits per heavy atom. The third-order valence-electron chi connectivity index (χ3n) is 3.28. The first-order valence-corrected chi connectivity index (χ1v) is 9.31. The number of fused-ring (bicyclic) bond motifs is 1. The van der Waals surface area contributed by atoms with E-state index >= 15 is 0 Å². The van der Waals surface area contributed by atoms with Gasteiger partial charge in [0.05, 0.1) is 23.1 Å². The topological polar surface area (TPSA) is 55.4 Å². The van der Waals surface area contributed by atoms with Crippen molar-refractivity contribution in [1.29, 1.82) is 0 Å². The summed E-state index contributed by atoms with van der Waals surface area (Å²) in [6, 6.07) is 10.4. The standard InChI is InChI=1S/C17H22ClNO3S/c1-12(2)22-11-17(3,4)19-23(20,21)16-7-5-6-13-8-9-14(18)10-15(13)16/h5-10,12,19H,11H2,1-4H3. The van der Waals surface area contributed by atoms with Crippen LogP contribution in [0.25, 0.3) is 10.8 Å². The van der Waals surface area contributed by atoms with Gasteiger partial charge in [-0.3, -0.25) is 0 Å². The molecule has 126 valence electrons. The molecule has 0 aliphatic heterocycles. The summed E-state index contributed by atoms with van der Waals surface area (Å²) in [5, 5.41) is 1.93. The van der Waals surface area contributed by atoms with Crippen molar-refractivity contribution in [3.8, 4) is 0 Å². The van der Waals surface area contributed by atoms with Gasteiger partial charge in [0.25, 0.3) is 0 Å². The molecule has 4 nitrogen and oxygen atoms in total. The fraction of sp³-hybridized carbons (Fsp3) is 0.412. The van der Waals surface area contributed by atoms with E-state index in [9.17, 15) is 8.42 Å². The van der Waals surface area contributed by atoms with E-state index in [0.717, 1.165) is 5.39 Å². The lowest BCUT2D eigenvalue weighted by Crippen LogP contribution is -2.47. The van der Waals surface area contributed by atoms with Gasteiger partial charge in [0.2, 0.25) is 10.0 Å². The second kappa shape index (κ2) is 6.77. The van der Waals surface area contributed by atoms with Crippen molar-refractivity contribution in [2.75, 3.05) is 6.61 Å². The van der Waals surface area contributed by atoms with Crippen molar-refractivity contribution in [1.82, 2.24) is 4.72 Å². The highest BCUT2D eigenvalue weighted by atomic mass is 35.5. The molecule has 0 aromatic heterocycles. The number of halogens is 1. The van der Waals surface area contributed by atoms with Crippen LogP contribution >= 0.6 is 11.6 Å². The third kappa shape index (κ3) is 4.67. The Bertz CT molecular complexity index is 801. The van der Waals surface area contributed by atoms with Crippen LogP contribution in [0.1, 0.15) is 27.7 Å². The van der Waals surface area contributed by atoms with Crippen LogP contribution in [-0.2, 0) is 14.8 Å². The van der Waals surface area contributed by atoms with Gasteiger partial charge >= 0.3 is 0 Å². The van der Waals surface area contributed by atoms with Crippen molar-refractivity contribution in [3.05, 3.63) is 41.4 Å². The maximum absolute atomic E-state index is 12.8.